The molecule has 0 saturated carbocycles. The van der Waals surface area contributed by atoms with Crippen molar-refractivity contribution < 1.29 is 13.2 Å². The van der Waals surface area contributed by atoms with Crippen LogP contribution >= 0.6 is 0 Å². The van der Waals surface area contributed by atoms with Crippen LogP contribution in [-0.4, -0.2) is 9.13 Å². The minimum Gasteiger partial charge on any atom is -0.309 e. The van der Waals surface area contributed by atoms with E-state index in [4.69, 9.17) is 0 Å². The SMILES string of the molecule is Cc1cc(C)c(-c2ccc3c(c2)c2cc(-c4c(C)cc(C)cc4C)ccc2n3-c2ccc(C#N)cc2-c2ccc(-c3ccc(C#N)cc3C(F)(F)F)cc2-n2c3ccc(-c4c(C)cc(C)cc4C)cc3c3cc(-c4c(C)cc(C)cc4C)ccc32)c(C)c1. The summed E-state index contributed by atoms with van der Waals surface area (Å²) in [6.45, 7) is 25.8. The number of aromatic nitrogens is 2. The summed E-state index contributed by atoms with van der Waals surface area (Å²) in [5, 5.41) is 24.9. The lowest BCUT2D eigenvalue weighted by Crippen LogP contribution is -2.08. The van der Waals surface area contributed by atoms with Crippen molar-refractivity contribution in [2.45, 2.75) is 89.3 Å². The van der Waals surface area contributed by atoms with Crippen molar-refractivity contribution in [1.29, 1.82) is 10.5 Å². The molecular formula is C81H65F3N4. The number of rotatable bonds is 8. The van der Waals surface area contributed by atoms with Gasteiger partial charge >= 0.3 is 6.18 Å². The zero-order valence-corrected chi connectivity index (χ0v) is 51.7. The number of nitriles is 2. The first-order chi connectivity index (χ1) is 42.1. The Hall–Kier alpha value is -10.2. The van der Waals surface area contributed by atoms with Crippen molar-refractivity contribution in [2.24, 2.45) is 0 Å². The van der Waals surface area contributed by atoms with Crippen LogP contribution in [0, 0.1) is 106 Å². The van der Waals surface area contributed by atoms with Crippen LogP contribution in [0.25, 0.3) is 122 Å². The summed E-state index contributed by atoms with van der Waals surface area (Å²) in [6, 6.07) is 63.9. The molecule has 0 aliphatic carbocycles. The van der Waals surface area contributed by atoms with Gasteiger partial charge in [0.15, 0.2) is 0 Å². The Kier molecular flexibility index (Phi) is 13.8. The zero-order chi connectivity index (χ0) is 61.9. The zero-order valence-electron chi connectivity index (χ0n) is 51.7. The summed E-state index contributed by atoms with van der Waals surface area (Å²) in [7, 11) is 0. The molecule has 13 rings (SSSR count). The van der Waals surface area contributed by atoms with Gasteiger partial charge in [-0.25, -0.2) is 0 Å². The summed E-state index contributed by atoms with van der Waals surface area (Å²) in [4.78, 5) is 0. The number of halogens is 3. The maximum absolute atomic E-state index is 15.5. The van der Waals surface area contributed by atoms with Crippen LogP contribution in [0.1, 0.15) is 83.5 Å². The van der Waals surface area contributed by atoms with Crippen LogP contribution < -0.4 is 0 Å². The van der Waals surface area contributed by atoms with Crippen LogP contribution in [0.15, 0.2) is 176 Å². The first-order valence-electron chi connectivity index (χ1n) is 29.9. The van der Waals surface area contributed by atoms with Crippen molar-refractivity contribution in [3.05, 3.63) is 259 Å². The van der Waals surface area contributed by atoms with Gasteiger partial charge in [0.1, 0.15) is 0 Å². The van der Waals surface area contributed by atoms with Gasteiger partial charge in [0.05, 0.1) is 62.3 Å². The van der Waals surface area contributed by atoms with E-state index in [0.717, 1.165) is 111 Å². The smallest absolute Gasteiger partial charge is 0.309 e. The molecule has 0 aliphatic heterocycles. The number of hydrogen-bond acceptors (Lipinski definition) is 2. The fourth-order valence-electron chi connectivity index (χ4n) is 15.0. The molecular weight excluding hydrogens is 1090 g/mol. The van der Waals surface area contributed by atoms with Crippen LogP contribution in [0.2, 0.25) is 0 Å². The molecule has 0 fully saturated rings. The Morgan fingerprint density at radius 1 is 0.295 bits per heavy atom. The van der Waals surface area contributed by atoms with E-state index in [2.05, 4.69) is 220 Å². The molecule has 7 heteroatoms. The van der Waals surface area contributed by atoms with Gasteiger partial charge in [-0.05, 0) is 268 Å². The second-order valence-corrected chi connectivity index (χ2v) is 24.6. The fourth-order valence-corrected chi connectivity index (χ4v) is 15.0. The van der Waals surface area contributed by atoms with E-state index < -0.39 is 11.7 Å². The first kappa shape index (κ1) is 56.9. The van der Waals surface area contributed by atoms with E-state index in [0.29, 0.717) is 27.9 Å². The highest BCUT2D eigenvalue weighted by atomic mass is 19.4. The number of alkyl halides is 3. The molecule has 4 nitrogen and oxygen atoms in total. The Bertz CT molecular complexity index is 4920. The van der Waals surface area contributed by atoms with Crippen molar-refractivity contribution >= 4 is 43.6 Å². The number of aryl methyl sites for hydroxylation is 12. The molecule has 0 amide bonds. The first-order valence-corrected chi connectivity index (χ1v) is 29.9. The van der Waals surface area contributed by atoms with E-state index in [1.165, 1.54) is 67.8 Å². The highest BCUT2D eigenvalue weighted by Crippen LogP contribution is 2.48. The summed E-state index contributed by atoms with van der Waals surface area (Å²) >= 11 is 0. The number of nitrogens with zero attached hydrogens (tertiary/aromatic N) is 4. The van der Waals surface area contributed by atoms with Crippen LogP contribution in [0.4, 0.5) is 13.2 Å². The van der Waals surface area contributed by atoms with Crippen LogP contribution in [0.3, 0.4) is 0 Å². The molecule has 88 heavy (non-hydrogen) atoms. The molecule has 0 radical (unpaired) electrons. The molecule has 0 saturated heterocycles. The fraction of sp³-hybridized carbons (Fsp3) is 0.160. The van der Waals surface area contributed by atoms with E-state index in [-0.39, 0.29) is 11.1 Å². The van der Waals surface area contributed by atoms with Gasteiger partial charge in [-0.1, -0.05) is 113 Å². The third kappa shape index (κ3) is 9.54. The highest BCUT2D eigenvalue weighted by Gasteiger charge is 2.35. The Balaban J connectivity index is 1.15. The predicted octanol–water partition coefficient (Wildman–Crippen LogP) is 22.3. The van der Waals surface area contributed by atoms with E-state index in [1.54, 1.807) is 6.07 Å². The van der Waals surface area contributed by atoms with Gasteiger partial charge in [0, 0.05) is 32.7 Å². The van der Waals surface area contributed by atoms with Gasteiger partial charge in [0.2, 0.25) is 0 Å². The largest absolute Gasteiger partial charge is 0.417 e. The predicted molar refractivity (Wildman–Crippen MR) is 359 cm³/mol. The maximum Gasteiger partial charge on any atom is 0.417 e. The average molecular weight is 1150 g/mol. The standard InChI is InChI=1S/C81H65F3N4/c1-44-27-48(5)77(49(6)28-44)59-16-23-72-66(37-59)67-38-60(78-50(7)29-45(2)30-51(78)8)17-24-73(67)87(72)71-22-14-56(42-85)35-65(71)64-21-15-58(63-20-13-57(43-86)36-70(63)81(82,83)84)41-76(64)88-74-25-18-61(79-52(9)31-46(3)32-53(79)10)39-68(74)69-40-62(19-26-75(69)88)80-54(11)33-47(4)34-55(80)12/h13-41H,1-12H3. The van der Waals surface area contributed by atoms with Crippen molar-refractivity contribution in [2.75, 3.05) is 0 Å². The Labute approximate surface area is 512 Å². The number of hydrogen-bond donors (Lipinski definition) is 0. The molecule has 0 atom stereocenters. The highest BCUT2D eigenvalue weighted by molar-refractivity contribution is 6.14. The lowest BCUT2D eigenvalue weighted by atomic mass is 9.91. The minimum absolute atomic E-state index is 0.0570. The topological polar surface area (TPSA) is 57.4 Å². The molecule has 13 aromatic rings. The van der Waals surface area contributed by atoms with E-state index in [1.807, 2.05) is 36.4 Å². The quantitative estimate of drug-likeness (QED) is 0.152. The molecule has 430 valence electrons. The molecule has 11 aromatic carbocycles. The lowest BCUT2D eigenvalue weighted by Gasteiger charge is -2.21. The Morgan fingerprint density at radius 3 is 0.943 bits per heavy atom. The van der Waals surface area contributed by atoms with E-state index >= 15 is 13.2 Å². The Morgan fingerprint density at radius 2 is 0.602 bits per heavy atom. The molecule has 0 bridgehead atoms. The van der Waals surface area contributed by atoms with Crippen molar-refractivity contribution in [3.8, 4) is 90.3 Å². The van der Waals surface area contributed by atoms with Gasteiger partial charge in [-0.3, -0.25) is 0 Å². The number of benzene rings is 11. The van der Waals surface area contributed by atoms with Gasteiger partial charge in [-0.2, -0.15) is 23.7 Å². The van der Waals surface area contributed by atoms with Gasteiger partial charge in [0.25, 0.3) is 0 Å². The summed E-state index contributed by atoms with van der Waals surface area (Å²) in [5.74, 6) is 0. The third-order valence-corrected chi connectivity index (χ3v) is 18.1. The molecule has 0 N–H and O–H groups in total. The third-order valence-electron chi connectivity index (χ3n) is 18.1. The molecule has 0 spiro atoms. The summed E-state index contributed by atoms with van der Waals surface area (Å²) < 4.78 is 50.8. The molecule has 2 heterocycles. The van der Waals surface area contributed by atoms with Crippen LogP contribution in [0.5, 0.6) is 0 Å². The molecule has 0 unspecified atom stereocenters. The minimum atomic E-state index is -4.78. The lowest BCUT2D eigenvalue weighted by molar-refractivity contribution is -0.137. The van der Waals surface area contributed by atoms with Gasteiger partial charge < -0.3 is 9.13 Å². The average Bonchev–Trinajstić information content (AvgIpc) is 1.59. The monoisotopic (exact) mass is 1150 g/mol. The summed E-state index contributed by atoms with van der Waals surface area (Å²) in [6.07, 6.45) is -4.78. The normalized spacial score (nSPS) is 11.8. The summed E-state index contributed by atoms with van der Waals surface area (Å²) in [5.41, 5.74) is 29.3. The van der Waals surface area contributed by atoms with Crippen molar-refractivity contribution in [3.63, 3.8) is 0 Å². The second kappa shape index (κ2) is 21.3. The number of fused-ring (bicyclic) bond motifs is 6. The second-order valence-electron chi connectivity index (χ2n) is 24.6. The van der Waals surface area contributed by atoms with Crippen LogP contribution in [-0.2, 0) is 6.18 Å². The maximum atomic E-state index is 15.5. The van der Waals surface area contributed by atoms with E-state index in [9.17, 15) is 10.5 Å². The molecule has 0 aliphatic rings. The van der Waals surface area contributed by atoms with Gasteiger partial charge in [-0.15, -0.1) is 0 Å². The molecule has 2 aromatic heterocycles. The van der Waals surface area contributed by atoms with Crippen molar-refractivity contribution in [1.82, 2.24) is 9.13 Å².